The molecule has 0 saturated carbocycles. The van der Waals surface area contributed by atoms with E-state index in [0.29, 0.717) is 0 Å². The predicted molar refractivity (Wildman–Crippen MR) is 65.9 cm³/mol. The van der Waals surface area contributed by atoms with Crippen LogP contribution in [0.2, 0.25) is 0 Å². The monoisotopic (exact) mass is 267 g/mol. The highest BCUT2D eigenvalue weighted by atomic mass is 79.9. The molecule has 0 fully saturated rings. The largest absolute Gasteiger partial charge is 0.384 e. The third-order valence-corrected chi connectivity index (χ3v) is 3.35. The minimum Gasteiger partial charge on any atom is -0.384 e. The van der Waals surface area contributed by atoms with Gasteiger partial charge in [0.05, 0.1) is 5.60 Å². The second-order valence-corrected chi connectivity index (χ2v) is 5.17. The average molecular weight is 268 g/mol. The van der Waals surface area contributed by atoms with Crippen molar-refractivity contribution >= 4 is 26.8 Å². The van der Waals surface area contributed by atoms with Crippen molar-refractivity contribution in [2.75, 3.05) is 0 Å². The fourth-order valence-electron chi connectivity index (χ4n) is 1.91. The van der Waals surface area contributed by atoms with Gasteiger partial charge < -0.3 is 9.67 Å². The van der Waals surface area contributed by atoms with Crippen molar-refractivity contribution in [2.24, 2.45) is 7.05 Å². The molecule has 0 radical (unpaired) electrons. The number of fused-ring (bicyclic) bond motifs is 1. The highest BCUT2D eigenvalue weighted by Crippen LogP contribution is 2.31. The Morgan fingerprint density at radius 1 is 1.33 bits per heavy atom. The van der Waals surface area contributed by atoms with Gasteiger partial charge in [-0.25, -0.2) is 0 Å². The first-order valence-electron chi connectivity index (χ1n) is 4.88. The van der Waals surface area contributed by atoms with Gasteiger partial charge in [0.1, 0.15) is 0 Å². The number of hydrogen-bond acceptors (Lipinski definition) is 1. The van der Waals surface area contributed by atoms with Crippen molar-refractivity contribution in [1.82, 2.24) is 4.57 Å². The van der Waals surface area contributed by atoms with Gasteiger partial charge in [-0.05, 0) is 32.0 Å². The van der Waals surface area contributed by atoms with Crippen LogP contribution in [0.15, 0.2) is 28.7 Å². The van der Waals surface area contributed by atoms with Gasteiger partial charge in [-0.2, -0.15) is 0 Å². The maximum Gasteiger partial charge on any atom is 0.0989 e. The molecule has 0 amide bonds. The Balaban J connectivity index is 2.81. The molecule has 1 aromatic carbocycles. The molecule has 0 aliphatic rings. The van der Waals surface area contributed by atoms with E-state index in [0.717, 1.165) is 21.1 Å². The fourth-order valence-corrected chi connectivity index (χ4v) is 2.38. The smallest absolute Gasteiger partial charge is 0.0989 e. The SMILES string of the molecule is Cn1c(C(C)(C)O)cc2c(Br)cccc21. The molecule has 0 aliphatic carbocycles. The van der Waals surface area contributed by atoms with Crippen LogP contribution in [0.1, 0.15) is 19.5 Å². The third-order valence-electron chi connectivity index (χ3n) is 2.66. The average Bonchev–Trinajstić information content (AvgIpc) is 2.45. The molecule has 0 aliphatic heterocycles. The summed E-state index contributed by atoms with van der Waals surface area (Å²) in [6.07, 6.45) is 0. The second kappa shape index (κ2) is 3.35. The highest BCUT2D eigenvalue weighted by molar-refractivity contribution is 9.10. The summed E-state index contributed by atoms with van der Waals surface area (Å²) in [4.78, 5) is 0. The van der Waals surface area contributed by atoms with E-state index < -0.39 is 5.60 Å². The number of aromatic nitrogens is 1. The first-order valence-corrected chi connectivity index (χ1v) is 5.67. The lowest BCUT2D eigenvalue weighted by Gasteiger charge is -2.18. The molecule has 80 valence electrons. The number of aryl methyl sites for hydroxylation is 1. The van der Waals surface area contributed by atoms with E-state index in [-0.39, 0.29) is 0 Å². The number of hydrogen-bond donors (Lipinski definition) is 1. The number of halogens is 1. The number of rotatable bonds is 1. The van der Waals surface area contributed by atoms with Crippen molar-refractivity contribution in [2.45, 2.75) is 19.4 Å². The summed E-state index contributed by atoms with van der Waals surface area (Å²) in [5, 5.41) is 11.2. The van der Waals surface area contributed by atoms with E-state index in [9.17, 15) is 5.11 Å². The Labute approximate surface area is 97.7 Å². The van der Waals surface area contributed by atoms with Crippen LogP contribution in [0.5, 0.6) is 0 Å². The first kappa shape index (κ1) is 10.7. The lowest BCUT2D eigenvalue weighted by Crippen LogP contribution is -2.19. The summed E-state index contributed by atoms with van der Waals surface area (Å²) < 4.78 is 3.09. The predicted octanol–water partition coefficient (Wildman–Crippen LogP) is 3.17. The second-order valence-electron chi connectivity index (χ2n) is 4.32. The van der Waals surface area contributed by atoms with Crippen LogP contribution in [0.3, 0.4) is 0 Å². The molecule has 0 spiro atoms. The van der Waals surface area contributed by atoms with Gasteiger partial charge in [-0.15, -0.1) is 0 Å². The maximum absolute atomic E-state index is 10.0. The highest BCUT2D eigenvalue weighted by Gasteiger charge is 2.21. The first-order chi connectivity index (χ1) is 6.91. The zero-order valence-electron chi connectivity index (χ0n) is 9.08. The molecule has 1 aromatic heterocycles. The summed E-state index contributed by atoms with van der Waals surface area (Å²) in [5.41, 5.74) is 1.23. The summed E-state index contributed by atoms with van der Waals surface area (Å²) in [7, 11) is 1.97. The summed E-state index contributed by atoms with van der Waals surface area (Å²) in [6.45, 7) is 3.60. The van der Waals surface area contributed by atoms with E-state index in [1.54, 1.807) is 13.8 Å². The van der Waals surface area contributed by atoms with Crippen LogP contribution in [0.25, 0.3) is 10.9 Å². The van der Waals surface area contributed by atoms with Crippen LogP contribution in [-0.2, 0) is 12.6 Å². The standard InChI is InChI=1S/C12H14BrNO/c1-12(2,15)11-7-8-9(13)5-4-6-10(8)14(11)3/h4-7,15H,1-3H3. The number of benzene rings is 1. The van der Waals surface area contributed by atoms with Gasteiger partial charge in [0.25, 0.3) is 0 Å². The van der Waals surface area contributed by atoms with Gasteiger partial charge in [0, 0.05) is 28.1 Å². The minimum absolute atomic E-state index is 0.812. The van der Waals surface area contributed by atoms with E-state index in [1.165, 1.54) is 0 Å². The molecule has 0 unspecified atom stereocenters. The van der Waals surface area contributed by atoms with Crippen LogP contribution in [0.4, 0.5) is 0 Å². The summed E-state index contributed by atoms with van der Waals surface area (Å²) in [6, 6.07) is 8.09. The normalized spacial score (nSPS) is 12.3. The third kappa shape index (κ3) is 1.70. The Morgan fingerprint density at radius 3 is 2.53 bits per heavy atom. The molecule has 2 nitrogen and oxygen atoms in total. The molecule has 1 N–H and O–H groups in total. The molecule has 15 heavy (non-hydrogen) atoms. The molecule has 3 heteroatoms. The molecule has 2 aromatic rings. The van der Waals surface area contributed by atoms with Crippen LogP contribution in [0, 0.1) is 0 Å². The van der Waals surface area contributed by atoms with Crippen LogP contribution >= 0.6 is 15.9 Å². The molecule has 0 bridgehead atoms. The molecule has 0 atom stereocenters. The van der Waals surface area contributed by atoms with Gasteiger partial charge in [0.15, 0.2) is 0 Å². The fraction of sp³-hybridized carbons (Fsp3) is 0.333. The summed E-state index contributed by atoms with van der Waals surface area (Å²) in [5.74, 6) is 0. The minimum atomic E-state index is -0.812. The van der Waals surface area contributed by atoms with Crippen LogP contribution < -0.4 is 0 Å². The molecular weight excluding hydrogens is 254 g/mol. The maximum atomic E-state index is 10.0. The van der Waals surface area contributed by atoms with Crippen molar-refractivity contribution in [1.29, 1.82) is 0 Å². The topological polar surface area (TPSA) is 25.2 Å². The van der Waals surface area contributed by atoms with Crippen LogP contribution in [-0.4, -0.2) is 9.67 Å². The van der Waals surface area contributed by atoms with Crippen molar-refractivity contribution in [3.05, 3.63) is 34.4 Å². The molecule has 1 heterocycles. The summed E-state index contributed by atoms with van der Waals surface area (Å²) >= 11 is 3.52. The molecule has 2 rings (SSSR count). The van der Waals surface area contributed by atoms with Gasteiger partial charge in [-0.1, -0.05) is 22.0 Å². The van der Waals surface area contributed by atoms with E-state index >= 15 is 0 Å². The number of aliphatic hydroxyl groups is 1. The van der Waals surface area contributed by atoms with Crippen molar-refractivity contribution in [3.63, 3.8) is 0 Å². The lowest BCUT2D eigenvalue weighted by molar-refractivity contribution is 0.0712. The van der Waals surface area contributed by atoms with E-state index in [4.69, 9.17) is 0 Å². The van der Waals surface area contributed by atoms with E-state index in [2.05, 4.69) is 22.0 Å². The van der Waals surface area contributed by atoms with Crippen molar-refractivity contribution in [3.8, 4) is 0 Å². The Bertz CT molecular complexity index is 508. The zero-order chi connectivity index (χ0) is 11.2. The number of nitrogens with zero attached hydrogens (tertiary/aromatic N) is 1. The molecular formula is C12H14BrNO. The Kier molecular flexibility index (Phi) is 2.40. The van der Waals surface area contributed by atoms with E-state index in [1.807, 2.05) is 29.8 Å². The Hall–Kier alpha value is -0.800. The van der Waals surface area contributed by atoms with Gasteiger partial charge in [-0.3, -0.25) is 0 Å². The van der Waals surface area contributed by atoms with Gasteiger partial charge in [0.2, 0.25) is 0 Å². The lowest BCUT2D eigenvalue weighted by atomic mass is 10.1. The molecule has 0 saturated heterocycles. The Morgan fingerprint density at radius 2 is 2.00 bits per heavy atom. The quantitative estimate of drug-likeness (QED) is 0.844. The van der Waals surface area contributed by atoms with Gasteiger partial charge >= 0.3 is 0 Å². The zero-order valence-corrected chi connectivity index (χ0v) is 10.7. The van der Waals surface area contributed by atoms with Crippen molar-refractivity contribution < 1.29 is 5.11 Å².